The number of rotatable bonds is 11. The van der Waals surface area contributed by atoms with Gasteiger partial charge in [0, 0.05) is 39.6 Å². The van der Waals surface area contributed by atoms with Gasteiger partial charge in [-0.2, -0.15) is 0 Å². The van der Waals surface area contributed by atoms with E-state index in [1.807, 2.05) is 60.7 Å². The van der Waals surface area contributed by atoms with Crippen LogP contribution in [0.1, 0.15) is 18.0 Å². The molecule has 46 heavy (non-hydrogen) atoms. The van der Waals surface area contributed by atoms with Crippen molar-refractivity contribution in [3.63, 3.8) is 0 Å². The van der Waals surface area contributed by atoms with E-state index in [0.29, 0.717) is 28.4 Å². The van der Waals surface area contributed by atoms with Crippen molar-refractivity contribution in [2.75, 3.05) is 29.5 Å². The second kappa shape index (κ2) is 13.4. The van der Waals surface area contributed by atoms with Crippen LogP contribution in [-0.4, -0.2) is 68.3 Å². The van der Waals surface area contributed by atoms with Crippen molar-refractivity contribution in [3.05, 3.63) is 121 Å². The number of aliphatic hydroxyl groups excluding tert-OH is 1. The summed E-state index contributed by atoms with van der Waals surface area (Å²) in [5.74, 6) is -2.24. The topological polar surface area (TPSA) is 81.2 Å². The summed E-state index contributed by atoms with van der Waals surface area (Å²) >= 11 is 11.6. The molecule has 3 saturated heterocycles. The summed E-state index contributed by atoms with van der Waals surface area (Å²) in [5.41, 5.74) is 2.04. The first-order chi connectivity index (χ1) is 22.3. The zero-order chi connectivity index (χ0) is 32.6. The van der Waals surface area contributed by atoms with E-state index in [2.05, 4.69) is 29.1 Å². The Bertz CT molecular complexity index is 1630. The maximum Gasteiger partial charge on any atom is 0.251 e. The summed E-state index contributed by atoms with van der Waals surface area (Å²) in [7, 11) is 0. The normalized spacial score (nSPS) is 26.8. The SMILES string of the molecule is C=CCN(C(=O)C1N([C@H](CO)c2ccccc2)C(=O)[C@@H]2[C@@H](C(=O)N(CC=C)c3ccccc3)[C@@H]3SC12CC3Br)c1ccc(Cl)cc1. The number of carbonyl (C=O) groups is 3. The second-order valence-electron chi connectivity index (χ2n) is 11.8. The third-order valence-corrected chi connectivity index (χ3v) is 12.8. The molecule has 6 rings (SSSR count). The molecule has 1 N–H and O–H groups in total. The predicted octanol–water partition coefficient (Wildman–Crippen LogP) is 6.28. The molecule has 7 atom stereocenters. The van der Waals surface area contributed by atoms with Gasteiger partial charge < -0.3 is 19.8 Å². The van der Waals surface area contributed by atoms with Crippen LogP contribution < -0.4 is 9.80 Å². The smallest absolute Gasteiger partial charge is 0.251 e. The van der Waals surface area contributed by atoms with Crippen molar-refractivity contribution < 1.29 is 19.5 Å². The Kier molecular flexibility index (Phi) is 9.48. The summed E-state index contributed by atoms with van der Waals surface area (Å²) < 4.78 is -0.919. The molecule has 3 aliphatic rings. The lowest BCUT2D eigenvalue weighted by atomic mass is 9.70. The van der Waals surface area contributed by atoms with Crippen LogP contribution in [0, 0.1) is 11.8 Å². The molecule has 0 radical (unpaired) electrons. The molecule has 238 valence electrons. The predicted molar refractivity (Wildman–Crippen MR) is 188 cm³/mol. The van der Waals surface area contributed by atoms with Gasteiger partial charge in [-0.1, -0.05) is 88.2 Å². The molecule has 3 unspecified atom stereocenters. The Morgan fingerprint density at radius 1 is 0.957 bits per heavy atom. The van der Waals surface area contributed by atoms with E-state index in [9.17, 15) is 14.7 Å². The first-order valence-electron chi connectivity index (χ1n) is 15.2. The van der Waals surface area contributed by atoms with Gasteiger partial charge in [-0.25, -0.2) is 0 Å². The van der Waals surface area contributed by atoms with E-state index in [4.69, 9.17) is 11.6 Å². The highest BCUT2D eigenvalue weighted by Crippen LogP contribution is 2.69. The molecule has 3 aromatic rings. The number of halogens is 2. The van der Waals surface area contributed by atoms with Gasteiger partial charge in [0.1, 0.15) is 6.04 Å². The van der Waals surface area contributed by atoms with Crippen molar-refractivity contribution in [2.24, 2.45) is 11.8 Å². The monoisotopic (exact) mass is 719 g/mol. The number of amides is 3. The Labute approximate surface area is 287 Å². The molecule has 3 aromatic carbocycles. The number of benzene rings is 3. The second-order valence-corrected chi connectivity index (χ2v) is 15.0. The molecule has 3 aliphatic heterocycles. The summed E-state index contributed by atoms with van der Waals surface area (Å²) in [6.07, 6.45) is 3.84. The lowest BCUT2D eigenvalue weighted by molar-refractivity contribution is -0.142. The molecule has 0 saturated carbocycles. The summed E-state index contributed by atoms with van der Waals surface area (Å²) in [5, 5.41) is 11.2. The average Bonchev–Trinajstić information content (AvgIpc) is 3.67. The number of hydrogen-bond donors (Lipinski definition) is 1. The van der Waals surface area contributed by atoms with Crippen LogP contribution in [0.5, 0.6) is 0 Å². The van der Waals surface area contributed by atoms with Crippen LogP contribution in [-0.2, 0) is 14.4 Å². The van der Waals surface area contributed by atoms with E-state index in [1.54, 1.807) is 62.9 Å². The molecule has 3 fully saturated rings. The maximum atomic E-state index is 15.0. The van der Waals surface area contributed by atoms with Crippen LogP contribution >= 0.6 is 39.3 Å². The first kappa shape index (κ1) is 32.6. The molecule has 2 bridgehead atoms. The lowest BCUT2D eigenvalue weighted by Crippen LogP contribution is -2.56. The van der Waals surface area contributed by atoms with Crippen molar-refractivity contribution in [3.8, 4) is 0 Å². The largest absolute Gasteiger partial charge is 0.394 e. The number of aliphatic hydroxyl groups is 1. The number of likely N-dealkylation sites (tertiary alicyclic amines) is 1. The number of alkyl halides is 1. The standard InChI is InChI=1S/C36H35BrClN3O4S/c1-3-19-39(25-13-9-6-10-14-25)33(43)29-30-34(44)41(28(22-42)23-11-7-5-8-12-23)32(36(30)21-27(37)31(29)46-36)35(45)40(20-4-2)26-17-15-24(38)16-18-26/h3-18,27-32,42H,1-2,19-22H2/t27?,28-,29-,30+,31-,32?,36?/m1/s1. The number of para-hydroxylation sites is 1. The fourth-order valence-electron chi connectivity index (χ4n) is 7.45. The van der Waals surface area contributed by atoms with Crippen LogP contribution in [0.4, 0.5) is 11.4 Å². The van der Waals surface area contributed by atoms with Gasteiger partial charge in [0.25, 0.3) is 5.91 Å². The third-order valence-electron chi connectivity index (χ3n) is 9.30. The number of hydrogen-bond acceptors (Lipinski definition) is 5. The van der Waals surface area contributed by atoms with E-state index >= 15 is 4.79 Å². The fourth-order valence-corrected chi connectivity index (χ4v) is 11.2. The molecule has 7 nitrogen and oxygen atoms in total. The lowest BCUT2D eigenvalue weighted by Gasteiger charge is -2.40. The maximum absolute atomic E-state index is 15.0. The van der Waals surface area contributed by atoms with E-state index < -0.39 is 28.7 Å². The molecule has 3 amide bonds. The highest BCUT2D eigenvalue weighted by Gasteiger charge is 2.76. The van der Waals surface area contributed by atoms with Gasteiger partial charge in [0.2, 0.25) is 11.8 Å². The number of carbonyl (C=O) groups excluding carboxylic acids is 3. The quantitative estimate of drug-likeness (QED) is 0.187. The van der Waals surface area contributed by atoms with Crippen LogP contribution in [0.3, 0.4) is 0 Å². The van der Waals surface area contributed by atoms with Gasteiger partial charge in [-0.3, -0.25) is 14.4 Å². The Hall–Kier alpha value is -3.37. The van der Waals surface area contributed by atoms with E-state index in [0.717, 1.165) is 0 Å². The minimum absolute atomic E-state index is 0.111. The van der Waals surface area contributed by atoms with Crippen molar-refractivity contribution in [1.82, 2.24) is 4.90 Å². The zero-order valence-electron chi connectivity index (χ0n) is 25.1. The van der Waals surface area contributed by atoms with Gasteiger partial charge >= 0.3 is 0 Å². The first-order valence-corrected chi connectivity index (χ1v) is 17.4. The average molecular weight is 721 g/mol. The van der Waals surface area contributed by atoms with Gasteiger partial charge in [-0.15, -0.1) is 24.9 Å². The highest BCUT2D eigenvalue weighted by atomic mass is 79.9. The summed E-state index contributed by atoms with van der Waals surface area (Å²) in [6, 6.07) is 23.9. The van der Waals surface area contributed by atoms with Crippen LogP contribution in [0.15, 0.2) is 110 Å². The summed E-state index contributed by atoms with van der Waals surface area (Å²) in [6.45, 7) is 7.87. The van der Waals surface area contributed by atoms with Gasteiger partial charge in [-0.05, 0) is 48.4 Å². The third kappa shape index (κ3) is 5.41. The molecule has 0 aliphatic carbocycles. The van der Waals surface area contributed by atoms with Gasteiger partial charge in [0.15, 0.2) is 0 Å². The molecular weight excluding hydrogens is 686 g/mol. The molecule has 10 heteroatoms. The van der Waals surface area contributed by atoms with Crippen molar-refractivity contribution in [1.29, 1.82) is 0 Å². The molecule has 1 spiro atoms. The van der Waals surface area contributed by atoms with Gasteiger partial charge in [0.05, 0.1) is 29.2 Å². The van der Waals surface area contributed by atoms with Crippen LogP contribution in [0.25, 0.3) is 0 Å². The number of anilines is 2. The summed E-state index contributed by atoms with van der Waals surface area (Å²) in [4.78, 5) is 49.4. The number of thioether (sulfide) groups is 1. The molecule has 3 heterocycles. The van der Waals surface area contributed by atoms with Crippen LogP contribution in [0.2, 0.25) is 5.02 Å². The zero-order valence-corrected chi connectivity index (χ0v) is 28.3. The fraction of sp³-hybridized carbons (Fsp3) is 0.306. The van der Waals surface area contributed by atoms with Crippen molar-refractivity contribution >= 4 is 68.4 Å². The van der Waals surface area contributed by atoms with E-state index in [-0.39, 0.29) is 47.5 Å². The minimum Gasteiger partial charge on any atom is -0.394 e. The number of nitrogens with zero attached hydrogens (tertiary/aromatic N) is 3. The molecular formula is C36H35BrClN3O4S. The number of fused-ring (bicyclic) bond motifs is 1. The Balaban J connectivity index is 1.49. The highest BCUT2D eigenvalue weighted by molar-refractivity contribution is 9.09. The Morgan fingerprint density at radius 3 is 2.11 bits per heavy atom. The minimum atomic E-state index is -0.963. The van der Waals surface area contributed by atoms with E-state index in [1.165, 1.54) is 0 Å². The van der Waals surface area contributed by atoms with Crippen molar-refractivity contribution in [2.45, 2.75) is 33.3 Å². The Morgan fingerprint density at radius 2 is 1.52 bits per heavy atom. The molecule has 0 aromatic heterocycles.